The Kier molecular flexibility index (Phi) is 4.56. The molecule has 2 rings (SSSR count). The van der Waals surface area contributed by atoms with E-state index in [1.807, 2.05) is 0 Å². The first-order valence-electron chi connectivity index (χ1n) is 6.33. The second-order valence-corrected chi connectivity index (χ2v) is 4.57. The highest BCUT2D eigenvalue weighted by atomic mass is 16.4. The molecule has 0 amide bonds. The van der Waals surface area contributed by atoms with E-state index in [9.17, 15) is 14.4 Å². The molecule has 0 bridgehead atoms. The van der Waals surface area contributed by atoms with Crippen LogP contribution in [0, 0.1) is 0 Å². The Balaban J connectivity index is 2.00. The third-order valence-corrected chi connectivity index (χ3v) is 2.90. The fraction of sp³-hybridized carbons (Fsp3) is 0.125. The summed E-state index contributed by atoms with van der Waals surface area (Å²) in [5.74, 6) is -1.62. The Labute approximate surface area is 121 Å². The first-order valence-corrected chi connectivity index (χ1v) is 6.33. The van der Waals surface area contributed by atoms with E-state index in [1.54, 1.807) is 30.3 Å². The molecule has 106 valence electrons. The number of rotatable bonds is 6. The topological polar surface area (TPSA) is 84.3 Å². The third-order valence-electron chi connectivity index (χ3n) is 2.90. The molecule has 0 saturated carbocycles. The number of carboxylic acid groups (broad SMARTS) is 1. The Hall–Kier alpha value is -2.82. The number of pyridine rings is 1. The second kappa shape index (κ2) is 6.56. The van der Waals surface area contributed by atoms with E-state index >= 15 is 0 Å². The van der Waals surface area contributed by atoms with Crippen molar-refractivity contribution in [2.75, 3.05) is 0 Å². The molecule has 0 radical (unpaired) electrons. The van der Waals surface area contributed by atoms with Crippen molar-refractivity contribution in [2.24, 2.45) is 0 Å². The first-order chi connectivity index (χ1) is 10.1. The minimum Gasteiger partial charge on any atom is -0.478 e. The summed E-state index contributed by atoms with van der Waals surface area (Å²) in [6, 6.07) is 9.96. The van der Waals surface area contributed by atoms with Crippen LogP contribution in [-0.2, 0) is 11.2 Å². The Morgan fingerprint density at radius 2 is 1.71 bits per heavy atom. The molecule has 0 saturated heterocycles. The van der Waals surface area contributed by atoms with Crippen molar-refractivity contribution in [2.45, 2.75) is 12.8 Å². The molecule has 2 aromatic rings. The van der Waals surface area contributed by atoms with E-state index in [1.165, 1.54) is 18.5 Å². The largest absolute Gasteiger partial charge is 0.478 e. The lowest BCUT2D eigenvalue weighted by molar-refractivity contribution is -0.117. The number of Topliss-reactive ketones (excluding diaryl/α,β-unsaturated/α-hetero) is 2. The molecule has 0 aliphatic rings. The number of nitrogens with zero attached hydrogens (tertiary/aromatic N) is 1. The zero-order chi connectivity index (χ0) is 15.2. The fourth-order valence-corrected chi connectivity index (χ4v) is 1.90. The molecule has 1 N–H and O–H groups in total. The van der Waals surface area contributed by atoms with Crippen LogP contribution in [0.2, 0.25) is 0 Å². The highest BCUT2D eigenvalue weighted by Gasteiger charge is 2.13. The van der Waals surface area contributed by atoms with Gasteiger partial charge in [0.15, 0.2) is 5.78 Å². The predicted octanol–water partition coefficient (Wildman–Crippen LogP) is 2.16. The molecule has 0 aliphatic carbocycles. The van der Waals surface area contributed by atoms with Gasteiger partial charge < -0.3 is 5.11 Å². The normalized spacial score (nSPS) is 10.1. The monoisotopic (exact) mass is 283 g/mol. The summed E-state index contributed by atoms with van der Waals surface area (Å²) in [5.41, 5.74) is 0.999. The predicted molar refractivity (Wildman–Crippen MR) is 75.3 cm³/mol. The molecule has 0 aliphatic heterocycles. The maximum Gasteiger partial charge on any atom is 0.337 e. The van der Waals surface area contributed by atoms with Gasteiger partial charge in [-0.15, -0.1) is 0 Å². The number of benzene rings is 1. The lowest BCUT2D eigenvalue weighted by Gasteiger charge is -2.02. The van der Waals surface area contributed by atoms with E-state index in [4.69, 9.17) is 5.11 Å². The van der Waals surface area contributed by atoms with Crippen LogP contribution in [0.25, 0.3) is 0 Å². The summed E-state index contributed by atoms with van der Waals surface area (Å²) in [6.45, 7) is 0. The highest BCUT2D eigenvalue weighted by Crippen LogP contribution is 2.08. The van der Waals surface area contributed by atoms with Gasteiger partial charge in [-0.1, -0.05) is 30.3 Å². The van der Waals surface area contributed by atoms with Gasteiger partial charge in [0, 0.05) is 24.4 Å². The van der Waals surface area contributed by atoms with Gasteiger partial charge in [0.25, 0.3) is 0 Å². The number of aromatic nitrogens is 1. The van der Waals surface area contributed by atoms with Crippen molar-refractivity contribution in [3.63, 3.8) is 0 Å². The summed E-state index contributed by atoms with van der Waals surface area (Å²) in [7, 11) is 0. The number of aromatic carboxylic acids is 1. The second-order valence-electron chi connectivity index (χ2n) is 4.57. The summed E-state index contributed by atoms with van der Waals surface area (Å²) < 4.78 is 0. The van der Waals surface area contributed by atoms with Gasteiger partial charge in [-0.3, -0.25) is 14.6 Å². The van der Waals surface area contributed by atoms with Gasteiger partial charge in [-0.25, -0.2) is 4.79 Å². The lowest BCUT2D eigenvalue weighted by Crippen LogP contribution is -2.11. The number of ketones is 2. The molecule has 0 spiro atoms. The van der Waals surface area contributed by atoms with Crippen molar-refractivity contribution in [1.29, 1.82) is 0 Å². The Morgan fingerprint density at radius 1 is 1.00 bits per heavy atom. The van der Waals surface area contributed by atoms with Crippen LogP contribution in [0.4, 0.5) is 0 Å². The number of carbonyl (C=O) groups excluding carboxylic acids is 2. The van der Waals surface area contributed by atoms with Gasteiger partial charge in [0.1, 0.15) is 5.78 Å². The van der Waals surface area contributed by atoms with Crippen LogP contribution in [0.15, 0.2) is 48.8 Å². The van der Waals surface area contributed by atoms with Crippen LogP contribution in [0.3, 0.4) is 0 Å². The summed E-state index contributed by atoms with van der Waals surface area (Å²) in [6.07, 6.45) is 2.43. The molecule has 21 heavy (non-hydrogen) atoms. The molecule has 0 atom stereocenters. The molecular weight excluding hydrogens is 270 g/mol. The van der Waals surface area contributed by atoms with E-state index in [-0.39, 0.29) is 30.0 Å². The highest BCUT2D eigenvalue weighted by molar-refractivity contribution is 6.08. The van der Waals surface area contributed by atoms with Crippen LogP contribution in [0.1, 0.15) is 32.7 Å². The molecule has 0 fully saturated rings. The average Bonchev–Trinajstić information content (AvgIpc) is 2.48. The third kappa shape index (κ3) is 4.07. The molecule has 0 unspecified atom stereocenters. The minimum absolute atomic E-state index is 0.00725. The van der Waals surface area contributed by atoms with E-state index in [0.29, 0.717) is 11.1 Å². The molecule has 5 nitrogen and oxygen atoms in total. The fourth-order valence-electron chi connectivity index (χ4n) is 1.90. The van der Waals surface area contributed by atoms with E-state index < -0.39 is 5.97 Å². The molecule has 5 heteroatoms. The Morgan fingerprint density at radius 3 is 2.38 bits per heavy atom. The van der Waals surface area contributed by atoms with Gasteiger partial charge in [-0.05, 0) is 11.6 Å². The number of hydrogen-bond donors (Lipinski definition) is 1. The van der Waals surface area contributed by atoms with Gasteiger partial charge in [0.2, 0.25) is 0 Å². The maximum absolute atomic E-state index is 11.9. The first kappa shape index (κ1) is 14.6. The van der Waals surface area contributed by atoms with Crippen molar-refractivity contribution in [3.05, 3.63) is 65.5 Å². The van der Waals surface area contributed by atoms with Crippen molar-refractivity contribution in [1.82, 2.24) is 4.98 Å². The maximum atomic E-state index is 11.9. The van der Waals surface area contributed by atoms with Gasteiger partial charge >= 0.3 is 5.97 Å². The van der Waals surface area contributed by atoms with Crippen molar-refractivity contribution >= 4 is 17.5 Å². The van der Waals surface area contributed by atoms with E-state index in [0.717, 1.165) is 0 Å². The zero-order valence-electron chi connectivity index (χ0n) is 11.2. The van der Waals surface area contributed by atoms with Crippen LogP contribution < -0.4 is 0 Å². The van der Waals surface area contributed by atoms with Crippen molar-refractivity contribution < 1.29 is 19.5 Å². The average molecular weight is 283 g/mol. The smallest absolute Gasteiger partial charge is 0.337 e. The van der Waals surface area contributed by atoms with Crippen molar-refractivity contribution in [3.8, 4) is 0 Å². The van der Waals surface area contributed by atoms with Gasteiger partial charge in [0.05, 0.1) is 12.0 Å². The lowest BCUT2D eigenvalue weighted by atomic mass is 10.0. The van der Waals surface area contributed by atoms with Crippen LogP contribution >= 0.6 is 0 Å². The number of carbonyl (C=O) groups is 3. The van der Waals surface area contributed by atoms with Crippen LogP contribution in [0.5, 0.6) is 0 Å². The standard InChI is InChI=1S/C16H13NO4/c18-14(8-15(19)12-4-2-1-3-5-12)7-11-6-13(16(20)21)10-17-9-11/h1-6,9-10H,7-8H2,(H,20,21). The summed E-state index contributed by atoms with van der Waals surface area (Å²) in [4.78, 5) is 38.4. The van der Waals surface area contributed by atoms with Gasteiger partial charge in [-0.2, -0.15) is 0 Å². The number of carboxylic acids is 1. The quantitative estimate of drug-likeness (QED) is 0.648. The Bertz CT molecular complexity index is 680. The zero-order valence-corrected chi connectivity index (χ0v) is 11.2. The SMILES string of the molecule is O=C(CC(=O)c1ccccc1)Cc1cncc(C(=O)O)c1. The summed E-state index contributed by atoms with van der Waals surface area (Å²) in [5, 5.41) is 8.86. The number of hydrogen-bond acceptors (Lipinski definition) is 4. The minimum atomic E-state index is -1.10. The van der Waals surface area contributed by atoms with Crippen LogP contribution in [-0.4, -0.2) is 27.6 Å². The molecule has 1 aromatic heterocycles. The summed E-state index contributed by atoms with van der Waals surface area (Å²) >= 11 is 0. The molecule has 1 aromatic carbocycles. The molecular formula is C16H13NO4. The van der Waals surface area contributed by atoms with E-state index in [2.05, 4.69) is 4.98 Å². The molecule has 1 heterocycles.